The highest BCUT2D eigenvalue weighted by atomic mass is 32.2. The lowest BCUT2D eigenvalue weighted by Gasteiger charge is -2.07. The van der Waals surface area contributed by atoms with Crippen molar-refractivity contribution in [3.63, 3.8) is 0 Å². The van der Waals surface area contributed by atoms with Crippen LogP contribution in [0.25, 0.3) is 0 Å². The molecule has 6 nitrogen and oxygen atoms in total. The van der Waals surface area contributed by atoms with Gasteiger partial charge in [-0.05, 0) is 12.1 Å². The molecule has 0 aliphatic carbocycles. The molecule has 98 valence electrons. The van der Waals surface area contributed by atoms with Gasteiger partial charge in [0.25, 0.3) is 0 Å². The Morgan fingerprint density at radius 2 is 1.89 bits per heavy atom. The van der Waals surface area contributed by atoms with Crippen molar-refractivity contribution in [2.75, 3.05) is 12.5 Å². The van der Waals surface area contributed by atoms with Crippen LogP contribution < -0.4 is 4.18 Å². The third kappa shape index (κ3) is 5.35. The van der Waals surface area contributed by atoms with E-state index in [1.54, 1.807) is 18.2 Å². The largest absolute Gasteiger partial charge is 0.509 e. The summed E-state index contributed by atoms with van der Waals surface area (Å²) in [4.78, 5) is 10.9. The maximum atomic E-state index is 11.4. The predicted octanol–water partition coefficient (Wildman–Crippen LogP) is 1.69. The number of para-hydroxylation sites is 1. The Balaban J connectivity index is 2.45. The Bertz CT molecular complexity index is 494. The van der Waals surface area contributed by atoms with Gasteiger partial charge in [-0.15, -0.1) is 0 Å². The molecule has 0 bridgehead atoms. The zero-order chi connectivity index (χ0) is 13.4. The van der Waals surface area contributed by atoms with Gasteiger partial charge < -0.3 is 13.7 Å². The predicted molar refractivity (Wildman–Crippen MR) is 63.5 cm³/mol. The van der Waals surface area contributed by atoms with Gasteiger partial charge >= 0.3 is 16.3 Å². The summed E-state index contributed by atoms with van der Waals surface area (Å²) in [5.74, 6) is -0.779. The number of rotatable bonds is 6. The second kappa shape index (κ2) is 6.65. The highest BCUT2D eigenvalue weighted by molar-refractivity contribution is 7.86. The van der Waals surface area contributed by atoms with Crippen molar-refractivity contribution in [3.8, 4) is 5.75 Å². The van der Waals surface area contributed by atoms with Gasteiger partial charge in [0.15, 0.2) is 0 Å². The molecule has 1 aromatic carbocycles. The van der Waals surface area contributed by atoms with Crippen LogP contribution in [0.2, 0.25) is 0 Å². The van der Waals surface area contributed by atoms with Gasteiger partial charge in [0, 0.05) is 0 Å². The fourth-order valence-electron chi connectivity index (χ4n) is 0.936. The average molecular weight is 272 g/mol. The molecule has 18 heavy (non-hydrogen) atoms. The lowest BCUT2D eigenvalue weighted by atomic mass is 10.3. The first-order valence-corrected chi connectivity index (χ1v) is 6.49. The topological polar surface area (TPSA) is 78.9 Å². The first-order valence-electron chi connectivity index (χ1n) is 4.91. The summed E-state index contributed by atoms with van der Waals surface area (Å²) in [6.07, 6.45) is 0.228. The summed E-state index contributed by atoms with van der Waals surface area (Å²) < 4.78 is 36.3. The van der Waals surface area contributed by atoms with Crippen LogP contribution in [0.5, 0.6) is 5.75 Å². The zero-order valence-corrected chi connectivity index (χ0v) is 10.3. The number of hydrogen-bond acceptors (Lipinski definition) is 6. The van der Waals surface area contributed by atoms with Crippen LogP contribution in [0.1, 0.15) is 0 Å². The number of carbonyl (C=O) groups is 1. The molecule has 1 rings (SSSR count). The van der Waals surface area contributed by atoms with Gasteiger partial charge in [0.1, 0.15) is 12.4 Å². The molecule has 0 aliphatic heterocycles. The molecule has 1 aromatic rings. The molecule has 0 N–H and O–H groups in total. The molecule has 0 aliphatic rings. The maximum absolute atomic E-state index is 11.4. The lowest BCUT2D eigenvalue weighted by molar-refractivity contribution is 0.0749. The SMILES string of the molecule is C=CCOC(=O)OCS(=O)(=O)Oc1ccccc1. The second-order valence-electron chi connectivity index (χ2n) is 3.07. The molecule has 7 heteroatoms. The molecule has 0 saturated carbocycles. The Morgan fingerprint density at radius 3 is 2.50 bits per heavy atom. The third-order valence-electron chi connectivity index (χ3n) is 1.61. The molecule has 0 saturated heterocycles. The fourth-order valence-corrected chi connectivity index (χ4v) is 1.63. The number of hydrogen-bond donors (Lipinski definition) is 0. The summed E-state index contributed by atoms with van der Waals surface area (Å²) in [6.45, 7) is 3.26. The van der Waals surface area contributed by atoms with Crippen LogP contribution in [0.3, 0.4) is 0 Å². The molecule has 0 atom stereocenters. The molecule has 0 spiro atoms. The van der Waals surface area contributed by atoms with E-state index in [2.05, 4.69) is 20.2 Å². The molecule has 0 radical (unpaired) electrons. The van der Waals surface area contributed by atoms with E-state index in [4.69, 9.17) is 0 Å². The van der Waals surface area contributed by atoms with E-state index < -0.39 is 22.2 Å². The molecular weight excluding hydrogens is 260 g/mol. The van der Waals surface area contributed by atoms with E-state index in [1.165, 1.54) is 18.2 Å². The Kier molecular flexibility index (Phi) is 5.19. The van der Waals surface area contributed by atoms with Crippen molar-refractivity contribution in [2.24, 2.45) is 0 Å². The summed E-state index contributed by atoms with van der Waals surface area (Å²) >= 11 is 0. The Labute approximate surface area is 105 Å². The van der Waals surface area contributed by atoms with Gasteiger partial charge in [-0.3, -0.25) is 0 Å². The van der Waals surface area contributed by atoms with Gasteiger partial charge in [-0.2, -0.15) is 8.42 Å². The Morgan fingerprint density at radius 1 is 1.22 bits per heavy atom. The van der Waals surface area contributed by atoms with Crippen LogP contribution in [0.15, 0.2) is 43.0 Å². The monoisotopic (exact) mass is 272 g/mol. The van der Waals surface area contributed by atoms with E-state index in [1.807, 2.05) is 0 Å². The van der Waals surface area contributed by atoms with E-state index in [9.17, 15) is 13.2 Å². The summed E-state index contributed by atoms with van der Waals surface area (Å²) in [6, 6.07) is 7.87. The average Bonchev–Trinajstić information content (AvgIpc) is 2.35. The summed E-state index contributed by atoms with van der Waals surface area (Å²) in [5, 5.41) is 0. The van der Waals surface area contributed by atoms with Crippen molar-refractivity contribution < 1.29 is 26.9 Å². The molecular formula is C11H12O6S. The highest BCUT2D eigenvalue weighted by Crippen LogP contribution is 2.11. The quantitative estimate of drug-likeness (QED) is 0.445. The van der Waals surface area contributed by atoms with E-state index in [0.717, 1.165) is 0 Å². The molecule has 0 unspecified atom stereocenters. The zero-order valence-electron chi connectivity index (χ0n) is 9.44. The molecule has 0 fully saturated rings. The van der Waals surface area contributed by atoms with E-state index in [0.29, 0.717) is 0 Å². The van der Waals surface area contributed by atoms with Crippen molar-refractivity contribution in [2.45, 2.75) is 0 Å². The fraction of sp³-hybridized carbons (Fsp3) is 0.182. The number of ether oxygens (including phenoxy) is 2. The second-order valence-corrected chi connectivity index (χ2v) is 4.58. The van der Waals surface area contributed by atoms with Crippen LogP contribution in [0.4, 0.5) is 4.79 Å². The van der Waals surface area contributed by atoms with Crippen molar-refractivity contribution in [1.82, 2.24) is 0 Å². The van der Waals surface area contributed by atoms with Crippen LogP contribution in [-0.4, -0.2) is 27.1 Å². The lowest BCUT2D eigenvalue weighted by Crippen LogP contribution is -2.19. The summed E-state index contributed by atoms with van der Waals surface area (Å²) in [5.41, 5.74) is 0. The minimum absolute atomic E-state index is 0.0571. The number of carbonyl (C=O) groups excluding carboxylic acids is 1. The van der Waals surface area contributed by atoms with Gasteiger partial charge in [0.2, 0.25) is 5.94 Å². The van der Waals surface area contributed by atoms with Crippen molar-refractivity contribution in [3.05, 3.63) is 43.0 Å². The standard InChI is InChI=1S/C11H12O6S/c1-2-8-15-11(12)16-9-18(13,14)17-10-6-4-3-5-7-10/h2-7H,1,8-9H2. The first kappa shape index (κ1) is 14.0. The van der Waals surface area contributed by atoms with Gasteiger partial charge in [-0.1, -0.05) is 30.9 Å². The smallest absolute Gasteiger partial charge is 0.430 e. The molecule has 0 amide bonds. The van der Waals surface area contributed by atoms with E-state index >= 15 is 0 Å². The number of benzene rings is 1. The van der Waals surface area contributed by atoms with Gasteiger partial charge in [0.05, 0.1) is 0 Å². The maximum Gasteiger partial charge on any atom is 0.509 e. The highest BCUT2D eigenvalue weighted by Gasteiger charge is 2.16. The van der Waals surface area contributed by atoms with E-state index in [-0.39, 0.29) is 12.4 Å². The molecule has 0 heterocycles. The minimum atomic E-state index is -4.00. The molecule has 0 aromatic heterocycles. The minimum Gasteiger partial charge on any atom is -0.430 e. The van der Waals surface area contributed by atoms with Crippen LogP contribution >= 0.6 is 0 Å². The normalized spacial score (nSPS) is 10.4. The Hall–Kier alpha value is -2.02. The van der Waals surface area contributed by atoms with Crippen molar-refractivity contribution >= 4 is 16.3 Å². The third-order valence-corrected chi connectivity index (χ3v) is 2.46. The van der Waals surface area contributed by atoms with Crippen LogP contribution in [0, 0.1) is 0 Å². The van der Waals surface area contributed by atoms with Gasteiger partial charge in [-0.25, -0.2) is 4.79 Å². The summed E-state index contributed by atoms with van der Waals surface area (Å²) in [7, 11) is -4.00. The van der Waals surface area contributed by atoms with Crippen LogP contribution in [-0.2, 0) is 19.6 Å². The first-order chi connectivity index (χ1) is 8.53. The van der Waals surface area contributed by atoms with Crippen molar-refractivity contribution in [1.29, 1.82) is 0 Å².